The van der Waals surface area contributed by atoms with Gasteiger partial charge < -0.3 is 4.90 Å². The molecule has 112 valence electrons. The Balaban J connectivity index is 1.93. The highest BCUT2D eigenvalue weighted by Crippen LogP contribution is 2.37. The second kappa shape index (κ2) is 6.61. The maximum atomic E-state index is 10.8. The van der Waals surface area contributed by atoms with E-state index in [1.54, 1.807) is 4.90 Å². The summed E-state index contributed by atoms with van der Waals surface area (Å²) in [5.74, 6) is 0.391. The average Bonchev–Trinajstić information content (AvgIpc) is 2.72. The van der Waals surface area contributed by atoms with Crippen LogP contribution in [0.15, 0.2) is 48.5 Å². The van der Waals surface area contributed by atoms with Crippen molar-refractivity contribution in [1.29, 1.82) is 0 Å². The van der Waals surface area contributed by atoms with E-state index in [9.17, 15) is 4.79 Å². The molecule has 1 aliphatic carbocycles. The number of fused-ring (bicyclic) bond motifs is 2. The Kier molecular flexibility index (Phi) is 4.38. The Labute approximate surface area is 132 Å². The van der Waals surface area contributed by atoms with Crippen LogP contribution in [0.3, 0.4) is 0 Å². The van der Waals surface area contributed by atoms with Crippen molar-refractivity contribution in [2.45, 2.75) is 18.8 Å². The van der Waals surface area contributed by atoms with Crippen LogP contribution in [-0.4, -0.2) is 24.9 Å². The number of carbonyl (C=O) groups excluding carboxylic acids is 1. The van der Waals surface area contributed by atoms with Gasteiger partial charge in [-0.15, -0.1) is 0 Å². The van der Waals surface area contributed by atoms with Crippen LogP contribution in [0, 0.1) is 0 Å². The number of hydrogen-bond acceptors (Lipinski definition) is 1. The van der Waals surface area contributed by atoms with E-state index in [1.807, 2.05) is 7.05 Å². The van der Waals surface area contributed by atoms with Gasteiger partial charge in [0.1, 0.15) is 0 Å². The summed E-state index contributed by atoms with van der Waals surface area (Å²) in [5.41, 5.74) is 5.37. The van der Waals surface area contributed by atoms with E-state index in [0.29, 0.717) is 5.92 Å². The molecule has 0 heterocycles. The van der Waals surface area contributed by atoms with E-state index in [1.165, 1.54) is 22.3 Å². The molecule has 0 fully saturated rings. The third kappa shape index (κ3) is 2.96. The van der Waals surface area contributed by atoms with Gasteiger partial charge in [0.25, 0.3) is 0 Å². The van der Waals surface area contributed by atoms with E-state index in [0.717, 1.165) is 25.8 Å². The molecule has 0 radical (unpaired) electrons. The lowest BCUT2D eigenvalue weighted by Gasteiger charge is -2.21. The van der Waals surface area contributed by atoms with Crippen molar-refractivity contribution in [3.63, 3.8) is 0 Å². The summed E-state index contributed by atoms with van der Waals surface area (Å²) in [4.78, 5) is 12.5. The standard InChI is InChI=1S/C20H21NO/c1-21(15-22)14-6-11-20-18-9-4-2-7-16(18)12-13-17-8-3-5-10-19(17)20/h2-5,7-10,12-13,15,20H,6,11,14H2,1H3. The van der Waals surface area contributed by atoms with Crippen molar-refractivity contribution in [3.8, 4) is 0 Å². The first-order valence-corrected chi connectivity index (χ1v) is 7.81. The fourth-order valence-corrected chi connectivity index (χ4v) is 3.22. The predicted molar refractivity (Wildman–Crippen MR) is 91.6 cm³/mol. The van der Waals surface area contributed by atoms with Crippen molar-refractivity contribution >= 4 is 18.6 Å². The van der Waals surface area contributed by atoms with Gasteiger partial charge in [-0.05, 0) is 35.1 Å². The molecule has 3 rings (SSSR count). The van der Waals surface area contributed by atoms with Gasteiger partial charge in [0.05, 0.1) is 0 Å². The number of amides is 1. The highest BCUT2D eigenvalue weighted by molar-refractivity contribution is 5.76. The molecule has 0 atom stereocenters. The summed E-state index contributed by atoms with van der Waals surface area (Å²) < 4.78 is 0. The topological polar surface area (TPSA) is 20.3 Å². The molecule has 0 unspecified atom stereocenters. The quantitative estimate of drug-likeness (QED) is 0.757. The minimum atomic E-state index is 0.391. The first-order chi connectivity index (χ1) is 10.8. The SMILES string of the molecule is CN(C=O)CCCC1c2ccccc2C=Cc2ccccc21. The molecule has 1 aliphatic rings. The molecule has 2 aromatic carbocycles. The zero-order chi connectivity index (χ0) is 15.4. The number of nitrogens with zero attached hydrogens (tertiary/aromatic N) is 1. The Morgan fingerprint density at radius 1 is 0.955 bits per heavy atom. The molecule has 0 saturated carbocycles. The van der Waals surface area contributed by atoms with Gasteiger partial charge in [-0.2, -0.15) is 0 Å². The first kappa shape index (κ1) is 14.6. The third-order valence-corrected chi connectivity index (χ3v) is 4.37. The molecule has 0 aliphatic heterocycles. The van der Waals surface area contributed by atoms with Crippen molar-refractivity contribution in [2.75, 3.05) is 13.6 Å². The maximum Gasteiger partial charge on any atom is 0.209 e. The largest absolute Gasteiger partial charge is 0.348 e. The molecule has 0 bridgehead atoms. The van der Waals surface area contributed by atoms with Crippen molar-refractivity contribution in [3.05, 3.63) is 70.8 Å². The van der Waals surface area contributed by atoms with E-state index in [-0.39, 0.29) is 0 Å². The summed E-state index contributed by atoms with van der Waals surface area (Å²) >= 11 is 0. The van der Waals surface area contributed by atoms with Gasteiger partial charge >= 0.3 is 0 Å². The van der Waals surface area contributed by atoms with Crippen LogP contribution in [-0.2, 0) is 4.79 Å². The molecular weight excluding hydrogens is 270 g/mol. The molecule has 0 spiro atoms. The van der Waals surface area contributed by atoms with Crippen molar-refractivity contribution in [1.82, 2.24) is 4.90 Å². The number of hydrogen-bond donors (Lipinski definition) is 0. The predicted octanol–water partition coefficient (Wildman–Crippen LogP) is 4.17. The third-order valence-electron chi connectivity index (χ3n) is 4.37. The lowest BCUT2D eigenvalue weighted by Crippen LogP contribution is -2.18. The van der Waals surface area contributed by atoms with Crippen LogP contribution in [0.5, 0.6) is 0 Å². The van der Waals surface area contributed by atoms with E-state index in [4.69, 9.17) is 0 Å². The van der Waals surface area contributed by atoms with Crippen molar-refractivity contribution < 1.29 is 4.79 Å². The molecule has 2 heteroatoms. The smallest absolute Gasteiger partial charge is 0.209 e. The van der Waals surface area contributed by atoms with Gasteiger partial charge in [0.15, 0.2) is 0 Å². The summed E-state index contributed by atoms with van der Waals surface area (Å²) in [5, 5.41) is 0. The number of benzene rings is 2. The highest BCUT2D eigenvalue weighted by atomic mass is 16.1. The van der Waals surface area contributed by atoms with Crippen LogP contribution >= 0.6 is 0 Å². The number of rotatable bonds is 5. The molecule has 22 heavy (non-hydrogen) atoms. The molecule has 2 nitrogen and oxygen atoms in total. The first-order valence-electron chi connectivity index (χ1n) is 7.81. The summed E-state index contributed by atoms with van der Waals surface area (Å²) in [6.07, 6.45) is 7.38. The lowest BCUT2D eigenvalue weighted by molar-refractivity contribution is -0.117. The Morgan fingerprint density at radius 2 is 1.50 bits per heavy atom. The van der Waals surface area contributed by atoms with E-state index < -0.39 is 0 Å². The highest BCUT2D eigenvalue weighted by Gasteiger charge is 2.20. The monoisotopic (exact) mass is 291 g/mol. The Morgan fingerprint density at radius 3 is 2.05 bits per heavy atom. The summed E-state index contributed by atoms with van der Waals surface area (Å²) in [6, 6.07) is 17.2. The molecule has 0 aromatic heterocycles. The molecule has 0 N–H and O–H groups in total. The number of carbonyl (C=O) groups is 1. The molecular formula is C20H21NO. The van der Waals surface area contributed by atoms with Gasteiger partial charge in [-0.3, -0.25) is 4.79 Å². The molecule has 0 saturated heterocycles. The molecule has 2 aromatic rings. The zero-order valence-corrected chi connectivity index (χ0v) is 12.9. The normalized spacial score (nSPS) is 13.1. The fraction of sp³-hybridized carbons (Fsp3) is 0.250. The Hall–Kier alpha value is -2.35. The summed E-state index contributed by atoms with van der Waals surface area (Å²) in [7, 11) is 1.84. The van der Waals surface area contributed by atoms with Crippen LogP contribution in [0.25, 0.3) is 12.2 Å². The minimum absolute atomic E-state index is 0.391. The average molecular weight is 291 g/mol. The van der Waals surface area contributed by atoms with Crippen LogP contribution in [0.2, 0.25) is 0 Å². The van der Waals surface area contributed by atoms with Gasteiger partial charge in [-0.1, -0.05) is 60.7 Å². The van der Waals surface area contributed by atoms with Crippen LogP contribution in [0.4, 0.5) is 0 Å². The minimum Gasteiger partial charge on any atom is -0.348 e. The fourth-order valence-electron chi connectivity index (χ4n) is 3.22. The van der Waals surface area contributed by atoms with Gasteiger partial charge in [0.2, 0.25) is 6.41 Å². The second-order valence-electron chi connectivity index (χ2n) is 5.87. The van der Waals surface area contributed by atoms with E-state index >= 15 is 0 Å². The van der Waals surface area contributed by atoms with Crippen molar-refractivity contribution in [2.24, 2.45) is 0 Å². The van der Waals surface area contributed by atoms with Crippen LogP contribution < -0.4 is 0 Å². The van der Waals surface area contributed by atoms with Gasteiger partial charge in [0, 0.05) is 19.5 Å². The summed E-state index contributed by atoms with van der Waals surface area (Å²) in [6.45, 7) is 0.803. The van der Waals surface area contributed by atoms with E-state index in [2.05, 4.69) is 60.7 Å². The van der Waals surface area contributed by atoms with Gasteiger partial charge in [-0.25, -0.2) is 0 Å². The zero-order valence-electron chi connectivity index (χ0n) is 12.9. The lowest BCUT2D eigenvalue weighted by atomic mass is 9.84. The van der Waals surface area contributed by atoms with Crippen LogP contribution in [0.1, 0.15) is 41.0 Å². The maximum absolute atomic E-state index is 10.8. The molecule has 1 amide bonds. The second-order valence-corrected chi connectivity index (χ2v) is 5.87. The Bertz CT molecular complexity index is 640.